The van der Waals surface area contributed by atoms with E-state index in [0.717, 1.165) is 30.6 Å². The lowest BCUT2D eigenvalue weighted by atomic mass is 9.95. The Kier molecular flexibility index (Phi) is 5.51. The van der Waals surface area contributed by atoms with Crippen molar-refractivity contribution in [2.75, 3.05) is 11.9 Å². The molecule has 1 atom stereocenters. The molecule has 1 aliphatic heterocycles. The van der Waals surface area contributed by atoms with Gasteiger partial charge in [-0.25, -0.2) is 0 Å². The van der Waals surface area contributed by atoms with Gasteiger partial charge < -0.3 is 10.6 Å². The normalized spacial score (nSPS) is 19.1. The summed E-state index contributed by atoms with van der Waals surface area (Å²) >= 11 is 0. The topological polar surface area (TPSA) is 41.1 Å². The van der Waals surface area contributed by atoms with Crippen LogP contribution in [0.4, 0.5) is 5.69 Å². The standard InChI is InChI=1S/C17H24N2O.ClH/c1-12(13-6-2-3-7-13)19-17(20)15-8-4-10-16-14(15)9-5-11-18-16;/h4,8,10,12-13,18H,2-3,5-7,9,11H2,1H3,(H,19,20);1H. The van der Waals surface area contributed by atoms with Crippen LogP contribution in [0, 0.1) is 5.92 Å². The van der Waals surface area contributed by atoms with Gasteiger partial charge in [0, 0.05) is 23.8 Å². The van der Waals surface area contributed by atoms with Gasteiger partial charge in [-0.3, -0.25) is 4.79 Å². The minimum absolute atomic E-state index is 0. The van der Waals surface area contributed by atoms with Gasteiger partial charge in [0.15, 0.2) is 0 Å². The lowest BCUT2D eigenvalue weighted by Crippen LogP contribution is -2.37. The fourth-order valence-corrected chi connectivity index (χ4v) is 3.58. The Hall–Kier alpha value is -1.22. The van der Waals surface area contributed by atoms with E-state index in [0.29, 0.717) is 5.92 Å². The van der Waals surface area contributed by atoms with E-state index in [2.05, 4.69) is 23.6 Å². The number of anilines is 1. The Bertz CT molecular complexity index is 498. The van der Waals surface area contributed by atoms with Crippen molar-refractivity contribution in [3.63, 3.8) is 0 Å². The zero-order valence-corrected chi connectivity index (χ0v) is 13.5. The van der Waals surface area contributed by atoms with Gasteiger partial charge in [0.05, 0.1) is 0 Å². The fourth-order valence-electron chi connectivity index (χ4n) is 3.58. The smallest absolute Gasteiger partial charge is 0.251 e. The minimum atomic E-state index is 0. The van der Waals surface area contributed by atoms with Crippen molar-refractivity contribution >= 4 is 24.0 Å². The molecule has 21 heavy (non-hydrogen) atoms. The number of fused-ring (bicyclic) bond motifs is 1. The Balaban J connectivity index is 0.00000161. The van der Waals surface area contributed by atoms with Crippen LogP contribution < -0.4 is 10.6 Å². The van der Waals surface area contributed by atoms with E-state index in [4.69, 9.17) is 0 Å². The molecule has 1 aromatic rings. The van der Waals surface area contributed by atoms with Crippen molar-refractivity contribution in [1.82, 2.24) is 5.32 Å². The van der Waals surface area contributed by atoms with E-state index < -0.39 is 0 Å². The summed E-state index contributed by atoms with van der Waals surface area (Å²) < 4.78 is 0. The maximum Gasteiger partial charge on any atom is 0.251 e. The molecule has 1 fully saturated rings. The number of benzene rings is 1. The summed E-state index contributed by atoms with van der Waals surface area (Å²) in [6.45, 7) is 3.16. The lowest BCUT2D eigenvalue weighted by Gasteiger charge is -2.23. The Morgan fingerprint density at radius 1 is 1.29 bits per heavy atom. The molecule has 1 unspecified atom stereocenters. The molecule has 1 amide bonds. The summed E-state index contributed by atoms with van der Waals surface area (Å²) in [4.78, 5) is 12.5. The summed E-state index contributed by atoms with van der Waals surface area (Å²) in [5, 5.41) is 6.61. The van der Waals surface area contributed by atoms with Crippen molar-refractivity contribution in [3.8, 4) is 0 Å². The second-order valence-corrected chi connectivity index (χ2v) is 6.17. The molecule has 0 aromatic heterocycles. The van der Waals surface area contributed by atoms with Crippen molar-refractivity contribution in [2.24, 2.45) is 5.92 Å². The quantitative estimate of drug-likeness (QED) is 0.892. The molecule has 116 valence electrons. The maximum absolute atomic E-state index is 12.5. The van der Waals surface area contributed by atoms with E-state index in [1.54, 1.807) is 0 Å². The molecular formula is C17H25ClN2O. The average molecular weight is 309 g/mol. The zero-order chi connectivity index (χ0) is 13.9. The van der Waals surface area contributed by atoms with Crippen molar-refractivity contribution in [2.45, 2.75) is 51.5 Å². The Morgan fingerprint density at radius 2 is 2.05 bits per heavy atom. The monoisotopic (exact) mass is 308 g/mol. The number of hydrogen-bond acceptors (Lipinski definition) is 2. The van der Waals surface area contributed by atoms with Gasteiger partial charge in [-0.2, -0.15) is 0 Å². The van der Waals surface area contributed by atoms with Gasteiger partial charge in [0.25, 0.3) is 5.91 Å². The second kappa shape index (κ2) is 7.17. The van der Waals surface area contributed by atoms with Gasteiger partial charge in [-0.15, -0.1) is 12.4 Å². The summed E-state index contributed by atoms with van der Waals surface area (Å²) in [6.07, 6.45) is 7.26. The third-order valence-corrected chi connectivity index (χ3v) is 4.81. The van der Waals surface area contributed by atoms with Crippen molar-refractivity contribution < 1.29 is 4.79 Å². The number of carbonyl (C=O) groups excluding carboxylic acids is 1. The van der Waals surface area contributed by atoms with Crippen LogP contribution in [0.15, 0.2) is 18.2 Å². The number of hydrogen-bond donors (Lipinski definition) is 2. The number of amides is 1. The molecule has 1 aliphatic carbocycles. The lowest BCUT2D eigenvalue weighted by molar-refractivity contribution is 0.0926. The van der Waals surface area contributed by atoms with Crippen molar-refractivity contribution in [1.29, 1.82) is 0 Å². The van der Waals surface area contributed by atoms with E-state index in [9.17, 15) is 4.79 Å². The summed E-state index contributed by atoms with van der Waals surface area (Å²) in [5.74, 6) is 0.765. The number of nitrogens with one attached hydrogen (secondary N) is 2. The molecule has 0 spiro atoms. The van der Waals surface area contributed by atoms with E-state index >= 15 is 0 Å². The van der Waals surface area contributed by atoms with Gasteiger partial charge in [0.1, 0.15) is 0 Å². The molecule has 1 heterocycles. The highest BCUT2D eigenvalue weighted by Gasteiger charge is 2.24. The van der Waals surface area contributed by atoms with Crippen LogP contribution in [0.1, 0.15) is 54.9 Å². The molecule has 1 aromatic carbocycles. The Labute approximate surface area is 133 Å². The molecule has 1 saturated carbocycles. The minimum Gasteiger partial charge on any atom is -0.385 e. The third kappa shape index (κ3) is 3.52. The van der Waals surface area contributed by atoms with Gasteiger partial charge in [-0.1, -0.05) is 18.9 Å². The van der Waals surface area contributed by atoms with Crippen LogP contribution in [-0.4, -0.2) is 18.5 Å². The van der Waals surface area contributed by atoms with E-state index in [-0.39, 0.29) is 24.4 Å². The predicted molar refractivity (Wildman–Crippen MR) is 89.4 cm³/mol. The van der Waals surface area contributed by atoms with Gasteiger partial charge in [-0.05, 0) is 56.2 Å². The average Bonchev–Trinajstić information content (AvgIpc) is 3.01. The van der Waals surface area contributed by atoms with E-state index in [1.165, 1.54) is 31.2 Å². The largest absolute Gasteiger partial charge is 0.385 e. The molecule has 2 aliphatic rings. The second-order valence-electron chi connectivity index (χ2n) is 6.17. The van der Waals surface area contributed by atoms with Crippen LogP contribution in [0.5, 0.6) is 0 Å². The predicted octanol–water partition coefficient (Wildman–Crippen LogP) is 3.78. The van der Waals surface area contributed by atoms with Crippen molar-refractivity contribution in [3.05, 3.63) is 29.3 Å². The van der Waals surface area contributed by atoms with Crippen LogP contribution >= 0.6 is 12.4 Å². The van der Waals surface area contributed by atoms with Crippen LogP contribution in [0.3, 0.4) is 0 Å². The zero-order valence-electron chi connectivity index (χ0n) is 12.7. The number of halogens is 1. The summed E-state index contributed by atoms with van der Waals surface area (Å²) in [6, 6.07) is 6.30. The molecular weight excluding hydrogens is 284 g/mol. The molecule has 2 N–H and O–H groups in total. The third-order valence-electron chi connectivity index (χ3n) is 4.81. The highest BCUT2D eigenvalue weighted by atomic mass is 35.5. The number of carbonyl (C=O) groups is 1. The van der Waals surface area contributed by atoms with Crippen LogP contribution in [0.25, 0.3) is 0 Å². The highest BCUT2D eigenvalue weighted by molar-refractivity contribution is 5.97. The van der Waals surface area contributed by atoms with E-state index in [1.807, 2.05) is 12.1 Å². The van der Waals surface area contributed by atoms with Gasteiger partial charge >= 0.3 is 0 Å². The molecule has 4 heteroatoms. The fraction of sp³-hybridized carbons (Fsp3) is 0.588. The first-order valence-corrected chi connectivity index (χ1v) is 7.92. The molecule has 3 rings (SSSR count). The first kappa shape index (κ1) is 16.2. The molecule has 0 bridgehead atoms. The molecule has 3 nitrogen and oxygen atoms in total. The first-order chi connectivity index (χ1) is 9.75. The van der Waals surface area contributed by atoms with Crippen LogP contribution in [0.2, 0.25) is 0 Å². The van der Waals surface area contributed by atoms with Gasteiger partial charge in [0.2, 0.25) is 0 Å². The number of rotatable bonds is 3. The summed E-state index contributed by atoms with van der Waals surface area (Å²) in [7, 11) is 0. The SMILES string of the molecule is CC(NC(=O)c1cccc2c1CCCN2)C1CCCC1.Cl. The highest BCUT2D eigenvalue weighted by Crippen LogP contribution is 2.29. The first-order valence-electron chi connectivity index (χ1n) is 7.92. The van der Waals surface area contributed by atoms with Crippen LogP contribution in [-0.2, 0) is 6.42 Å². The molecule has 0 radical (unpaired) electrons. The Morgan fingerprint density at radius 3 is 2.81 bits per heavy atom. The molecule has 0 saturated heterocycles. The summed E-state index contributed by atoms with van der Waals surface area (Å²) in [5.41, 5.74) is 3.19. The maximum atomic E-state index is 12.5.